The first kappa shape index (κ1) is 13.1. The van der Waals surface area contributed by atoms with Crippen molar-refractivity contribution in [3.05, 3.63) is 50.4 Å². The number of aromatic nitrogens is 3. The third-order valence-corrected chi connectivity index (χ3v) is 3.62. The van der Waals surface area contributed by atoms with Crippen LogP contribution in [0.15, 0.2) is 27.7 Å². The van der Waals surface area contributed by atoms with Gasteiger partial charge in [0.25, 0.3) is 5.91 Å². The second-order valence-electron chi connectivity index (χ2n) is 4.81. The van der Waals surface area contributed by atoms with Crippen LogP contribution in [0.2, 0.25) is 0 Å². The average molecular weight is 337 g/mol. The summed E-state index contributed by atoms with van der Waals surface area (Å²) in [6.45, 7) is 0.272. The summed E-state index contributed by atoms with van der Waals surface area (Å²) in [5, 5.41) is 2.79. The summed E-state index contributed by atoms with van der Waals surface area (Å²) >= 11 is 3.34. The molecule has 1 fully saturated rings. The van der Waals surface area contributed by atoms with Gasteiger partial charge in [0.05, 0.1) is 23.5 Å². The second-order valence-corrected chi connectivity index (χ2v) is 5.73. The van der Waals surface area contributed by atoms with E-state index in [1.165, 1.54) is 0 Å². The summed E-state index contributed by atoms with van der Waals surface area (Å²) < 4.78 is 0.780. The third kappa shape index (κ3) is 2.82. The third-order valence-electron chi connectivity index (χ3n) is 3.18. The van der Waals surface area contributed by atoms with E-state index in [0.29, 0.717) is 17.2 Å². The minimum Gasteiger partial charge on any atom is -0.346 e. The maximum absolute atomic E-state index is 12.3. The second kappa shape index (κ2) is 5.24. The highest BCUT2D eigenvalue weighted by Crippen LogP contribution is 2.40. The Morgan fingerprint density at radius 2 is 2.30 bits per heavy atom. The van der Waals surface area contributed by atoms with Gasteiger partial charge in [-0.2, -0.15) is 0 Å². The summed E-state index contributed by atoms with van der Waals surface area (Å²) in [5.74, 6) is 0.221. The number of H-pyrrole nitrogens is 2. The Balaban J connectivity index is 1.76. The molecule has 2 aromatic rings. The van der Waals surface area contributed by atoms with E-state index in [2.05, 4.69) is 36.2 Å². The van der Waals surface area contributed by atoms with Gasteiger partial charge in [-0.15, -0.1) is 0 Å². The van der Waals surface area contributed by atoms with Crippen LogP contribution in [-0.4, -0.2) is 20.9 Å². The molecule has 20 heavy (non-hydrogen) atoms. The molecule has 1 aliphatic carbocycles. The molecule has 2 heterocycles. The number of carbonyl (C=O) groups is 1. The van der Waals surface area contributed by atoms with E-state index in [-0.39, 0.29) is 18.1 Å². The predicted octanol–water partition coefficient (Wildman–Crippen LogP) is 1.67. The van der Waals surface area contributed by atoms with Gasteiger partial charge in [0.15, 0.2) is 0 Å². The topological polar surface area (TPSA) is 90.6 Å². The van der Waals surface area contributed by atoms with Crippen molar-refractivity contribution in [2.24, 2.45) is 0 Å². The van der Waals surface area contributed by atoms with E-state index in [4.69, 9.17) is 0 Å². The van der Waals surface area contributed by atoms with Crippen LogP contribution in [0.3, 0.4) is 0 Å². The lowest BCUT2D eigenvalue weighted by atomic mass is 10.1. The standard InChI is InChI=1S/C13H13BrN4O2/c14-8-3-10(11(15-4-8)7-1-2-7)12(19)16-5-9-6-17-13(20)18-9/h3-4,6-7H,1-2,5H2,(H,16,19)(H2,17,18,20). The van der Waals surface area contributed by atoms with Gasteiger partial charge in [-0.3, -0.25) is 9.78 Å². The Morgan fingerprint density at radius 1 is 1.50 bits per heavy atom. The van der Waals surface area contributed by atoms with Crippen molar-refractivity contribution in [1.29, 1.82) is 0 Å². The molecular weight excluding hydrogens is 324 g/mol. The maximum Gasteiger partial charge on any atom is 0.323 e. The van der Waals surface area contributed by atoms with Crippen molar-refractivity contribution >= 4 is 21.8 Å². The Morgan fingerprint density at radius 3 is 2.95 bits per heavy atom. The van der Waals surface area contributed by atoms with Crippen LogP contribution in [-0.2, 0) is 6.54 Å². The van der Waals surface area contributed by atoms with Crippen molar-refractivity contribution in [3.8, 4) is 0 Å². The van der Waals surface area contributed by atoms with E-state index < -0.39 is 0 Å². The number of hydrogen-bond acceptors (Lipinski definition) is 3. The van der Waals surface area contributed by atoms with Crippen LogP contribution in [0.1, 0.15) is 40.5 Å². The van der Waals surface area contributed by atoms with Gasteiger partial charge >= 0.3 is 5.69 Å². The first-order valence-corrected chi connectivity index (χ1v) is 7.13. The van der Waals surface area contributed by atoms with E-state index >= 15 is 0 Å². The van der Waals surface area contributed by atoms with Crippen LogP contribution in [0.5, 0.6) is 0 Å². The fourth-order valence-electron chi connectivity index (χ4n) is 2.05. The van der Waals surface area contributed by atoms with Gasteiger partial charge in [-0.25, -0.2) is 4.79 Å². The van der Waals surface area contributed by atoms with Gasteiger partial charge in [0.2, 0.25) is 0 Å². The number of hydrogen-bond donors (Lipinski definition) is 3. The van der Waals surface area contributed by atoms with E-state index in [1.54, 1.807) is 18.5 Å². The van der Waals surface area contributed by atoms with E-state index in [9.17, 15) is 9.59 Å². The zero-order valence-corrected chi connectivity index (χ0v) is 12.2. The SMILES string of the molecule is O=C(NCc1c[nH]c(=O)[nH]1)c1cc(Br)cnc1C1CC1. The van der Waals surface area contributed by atoms with Gasteiger partial charge in [0, 0.05) is 22.8 Å². The lowest BCUT2D eigenvalue weighted by Gasteiger charge is -2.08. The molecule has 3 N–H and O–H groups in total. The number of imidazole rings is 1. The smallest absolute Gasteiger partial charge is 0.323 e. The fourth-order valence-corrected chi connectivity index (χ4v) is 2.38. The highest BCUT2D eigenvalue weighted by Gasteiger charge is 2.29. The first-order chi connectivity index (χ1) is 9.63. The van der Waals surface area contributed by atoms with Crippen LogP contribution in [0, 0.1) is 0 Å². The monoisotopic (exact) mass is 336 g/mol. The van der Waals surface area contributed by atoms with Crippen molar-refractivity contribution in [3.63, 3.8) is 0 Å². The van der Waals surface area contributed by atoms with E-state index in [0.717, 1.165) is 23.0 Å². The Hall–Kier alpha value is -1.89. The van der Waals surface area contributed by atoms with Crippen molar-refractivity contribution < 1.29 is 4.79 Å². The lowest BCUT2D eigenvalue weighted by molar-refractivity contribution is 0.0949. The predicted molar refractivity (Wildman–Crippen MR) is 76.5 cm³/mol. The van der Waals surface area contributed by atoms with Gasteiger partial charge in [0.1, 0.15) is 0 Å². The van der Waals surface area contributed by atoms with Gasteiger partial charge in [-0.05, 0) is 34.8 Å². The summed E-state index contributed by atoms with van der Waals surface area (Å²) in [7, 11) is 0. The summed E-state index contributed by atoms with van der Waals surface area (Å²) in [6.07, 6.45) is 5.43. The molecule has 0 radical (unpaired) electrons. The first-order valence-electron chi connectivity index (χ1n) is 6.33. The minimum atomic E-state index is -0.281. The van der Waals surface area contributed by atoms with Crippen LogP contribution >= 0.6 is 15.9 Å². The Labute approximate surface area is 123 Å². The minimum absolute atomic E-state index is 0.178. The highest BCUT2D eigenvalue weighted by molar-refractivity contribution is 9.10. The van der Waals surface area contributed by atoms with Gasteiger partial charge < -0.3 is 15.3 Å². The molecule has 0 bridgehead atoms. The molecule has 7 heteroatoms. The van der Waals surface area contributed by atoms with Crippen LogP contribution in [0.25, 0.3) is 0 Å². The quantitative estimate of drug-likeness (QED) is 0.793. The number of carbonyl (C=O) groups excluding carboxylic acids is 1. The molecule has 104 valence electrons. The van der Waals surface area contributed by atoms with E-state index in [1.807, 2.05) is 0 Å². The largest absolute Gasteiger partial charge is 0.346 e. The average Bonchev–Trinajstić information content (AvgIpc) is 3.19. The van der Waals surface area contributed by atoms with Crippen LogP contribution < -0.4 is 11.0 Å². The molecule has 0 aromatic carbocycles. The summed E-state index contributed by atoms with van der Waals surface area (Å²) in [6, 6.07) is 1.79. The Kier molecular flexibility index (Phi) is 3.43. The van der Waals surface area contributed by atoms with Crippen molar-refractivity contribution in [2.45, 2.75) is 25.3 Å². The van der Waals surface area contributed by atoms with Crippen molar-refractivity contribution in [1.82, 2.24) is 20.3 Å². The normalized spacial score (nSPS) is 14.2. The molecule has 6 nitrogen and oxygen atoms in total. The molecule has 2 aromatic heterocycles. The lowest BCUT2D eigenvalue weighted by Crippen LogP contribution is -2.24. The highest BCUT2D eigenvalue weighted by atomic mass is 79.9. The molecule has 0 atom stereocenters. The van der Waals surface area contributed by atoms with Gasteiger partial charge in [-0.1, -0.05) is 0 Å². The summed E-state index contributed by atoms with van der Waals surface area (Å²) in [5.41, 5.74) is 1.81. The molecule has 1 saturated carbocycles. The molecule has 0 aliphatic heterocycles. The molecule has 0 saturated heterocycles. The molecular formula is C13H13BrN4O2. The maximum atomic E-state index is 12.3. The zero-order chi connectivity index (χ0) is 14.1. The molecule has 0 spiro atoms. The number of halogens is 1. The molecule has 0 unspecified atom stereocenters. The van der Waals surface area contributed by atoms with Crippen molar-refractivity contribution in [2.75, 3.05) is 0 Å². The fraction of sp³-hybridized carbons (Fsp3) is 0.308. The number of pyridine rings is 1. The number of aromatic amines is 2. The Bertz CT molecular complexity index is 702. The zero-order valence-electron chi connectivity index (χ0n) is 10.6. The number of nitrogens with zero attached hydrogens (tertiary/aromatic N) is 1. The molecule has 1 aliphatic rings. The number of nitrogens with one attached hydrogen (secondary N) is 3. The summed E-state index contributed by atoms with van der Waals surface area (Å²) in [4.78, 5) is 32.7. The molecule has 1 amide bonds. The number of rotatable bonds is 4. The number of amides is 1. The molecule has 3 rings (SSSR count). The van der Waals surface area contributed by atoms with Crippen LogP contribution in [0.4, 0.5) is 0 Å².